The van der Waals surface area contributed by atoms with Gasteiger partial charge in [0.05, 0.1) is 22.5 Å². The number of thioether (sulfide) groups is 1. The smallest absolute Gasteiger partial charge is 0.261 e. The fourth-order valence-corrected chi connectivity index (χ4v) is 8.06. The van der Waals surface area contributed by atoms with Crippen molar-refractivity contribution in [3.05, 3.63) is 77.7 Å². The minimum absolute atomic E-state index is 0.000429. The van der Waals surface area contributed by atoms with Crippen LogP contribution in [0.15, 0.2) is 87.5 Å². The van der Waals surface area contributed by atoms with Crippen molar-refractivity contribution < 1.29 is 31.1 Å². The van der Waals surface area contributed by atoms with E-state index in [2.05, 4.69) is 10.0 Å². The van der Waals surface area contributed by atoms with Crippen LogP contribution in [0.25, 0.3) is 0 Å². The van der Waals surface area contributed by atoms with Gasteiger partial charge in [-0.25, -0.2) is 16.8 Å². The molecule has 2 aromatic rings. The van der Waals surface area contributed by atoms with Gasteiger partial charge in [-0.1, -0.05) is 29.8 Å². The van der Waals surface area contributed by atoms with Crippen molar-refractivity contribution in [2.45, 2.75) is 21.3 Å². The molecule has 1 aliphatic carbocycles. The maximum Gasteiger partial charge on any atom is 0.261 e. The van der Waals surface area contributed by atoms with E-state index in [1.54, 1.807) is 30.0 Å². The largest absolute Gasteiger partial charge is 0.497 e. The summed E-state index contributed by atoms with van der Waals surface area (Å²) < 4.78 is 66.6. The Morgan fingerprint density at radius 3 is 2.21 bits per heavy atom. The van der Waals surface area contributed by atoms with Gasteiger partial charge >= 0.3 is 0 Å². The number of nitrogens with one attached hydrogen (secondary N) is 2. The summed E-state index contributed by atoms with van der Waals surface area (Å²) in [4.78, 5) is 13.5. The number of anilines is 1. The third kappa shape index (κ3) is 6.44. The molecule has 2 aromatic carbocycles. The minimum Gasteiger partial charge on any atom is -0.497 e. The lowest BCUT2D eigenvalue weighted by Gasteiger charge is -2.32. The lowest BCUT2D eigenvalue weighted by Crippen LogP contribution is -2.38. The lowest BCUT2D eigenvalue weighted by molar-refractivity contribution is -0.112. The number of carbonyl (C=O) groups excluding carboxylic acids is 1. The maximum atomic E-state index is 13.4. The topological polar surface area (TPSA) is 131 Å². The summed E-state index contributed by atoms with van der Waals surface area (Å²) in [5.41, 5.74) is 0.270. The van der Waals surface area contributed by atoms with Crippen molar-refractivity contribution in [3.8, 4) is 0 Å². The van der Waals surface area contributed by atoms with Crippen molar-refractivity contribution in [2.24, 2.45) is 0 Å². The number of hydrogen-bond acceptors (Lipinski definition) is 8. The zero-order valence-electron chi connectivity index (χ0n) is 21.2. The molecule has 210 valence electrons. The van der Waals surface area contributed by atoms with Gasteiger partial charge in [-0.2, -0.15) is 16.1 Å². The molecule has 2 aliphatic rings. The molecule has 2 N–H and O–H groups in total. The van der Waals surface area contributed by atoms with E-state index in [1.165, 1.54) is 61.0 Å². The Kier molecular flexibility index (Phi) is 8.98. The van der Waals surface area contributed by atoms with Gasteiger partial charge in [-0.15, -0.1) is 0 Å². The Morgan fingerprint density at radius 1 is 0.974 bits per heavy atom. The van der Waals surface area contributed by atoms with E-state index in [0.29, 0.717) is 18.8 Å². The van der Waals surface area contributed by atoms with Crippen LogP contribution in [0.1, 0.15) is 6.42 Å². The van der Waals surface area contributed by atoms with Crippen LogP contribution in [0.3, 0.4) is 0 Å². The number of nitrogens with zero attached hydrogens (tertiary/aromatic N) is 1. The summed E-state index contributed by atoms with van der Waals surface area (Å²) in [5.74, 6) is 0.930. The normalized spacial score (nSPS) is 20.7. The van der Waals surface area contributed by atoms with Gasteiger partial charge in [-0.05, 0) is 42.5 Å². The molecule has 1 saturated heterocycles. The number of alkyl halides is 1. The number of rotatable bonds is 9. The van der Waals surface area contributed by atoms with Crippen LogP contribution < -0.4 is 10.0 Å². The first-order chi connectivity index (χ1) is 18.5. The predicted octanol–water partition coefficient (Wildman–Crippen LogP) is 3.11. The van der Waals surface area contributed by atoms with Crippen LogP contribution in [0.4, 0.5) is 5.69 Å². The molecule has 0 saturated carbocycles. The SMILES string of the molecule is COC1=CC(C(=O)Nc2ccc(S(=O)(=O)N3CCSCC3)cc2)=C(NS(=O)(=O)c2ccccc2)CC1(Cl)OC. The van der Waals surface area contributed by atoms with E-state index < -0.39 is 31.0 Å². The summed E-state index contributed by atoms with van der Waals surface area (Å²) >= 11 is 8.28. The number of halogens is 1. The summed E-state index contributed by atoms with van der Waals surface area (Å²) in [6.45, 7) is 0.887. The summed E-state index contributed by atoms with van der Waals surface area (Å²) in [6.07, 6.45) is 1.09. The molecule has 1 heterocycles. The molecule has 1 amide bonds. The van der Waals surface area contributed by atoms with Crippen LogP contribution in [-0.4, -0.2) is 70.9 Å². The molecule has 0 bridgehead atoms. The highest BCUT2D eigenvalue weighted by atomic mass is 35.5. The van der Waals surface area contributed by atoms with Gasteiger partial charge in [0.25, 0.3) is 15.9 Å². The predicted molar refractivity (Wildman–Crippen MR) is 150 cm³/mol. The number of carbonyl (C=O) groups is 1. The number of sulfonamides is 2. The van der Waals surface area contributed by atoms with Crippen molar-refractivity contribution in [2.75, 3.05) is 44.1 Å². The molecule has 4 rings (SSSR count). The Morgan fingerprint density at radius 2 is 1.62 bits per heavy atom. The molecule has 1 aliphatic heterocycles. The molecular formula is C25H28ClN3O7S3. The van der Waals surface area contributed by atoms with Crippen molar-refractivity contribution >= 4 is 55.0 Å². The molecular weight excluding hydrogens is 586 g/mol. The molecule has 1 fully saturated rings. The van der Waals surface area contributed by atoms with Crippen LogP contribution >= 0.6 is 23.4 Å². The second-order valence-corrected chi connectivity index (χ2v) is 14.1. The first-order valence-electron chi connectivity index (χ1n) is 11.8. The number of hydrogen-bond donors (Lipinski definition) is 2. The first kappa shape index (κ1) is 29.4. The van der Waals surface area contributed by atoms with Gasteiger partial charge in [0.1, 0.15) is 5.76 Å². The Hall–Kier alpha value is -2.55. The third-order valence-electron chi connectivity index (χ3n) is 6.19. The standard InChI is InChI=1S/C25H28ClN3O7S3/c1-35-23-16-21(22(17-25(23,26)36-2)28-38(31,32)19-6-4-3-5-7-19)24(30)27-18-8-10-20(11-9-18)39(33,34)29-12-14-37-15-13-29/h3-11,16,28H,12-15,17H2,1-2H3,(H,27,30). The first-order valence-corrected chi connectivity index (χ1v) is 16.3. The van der Waals surface area contributed by atoms with E-state index in [4.69, 9.17) is 21.1 Å². The highest BCUT2D eigenvalue weighted by Crippen LogP contribution is 2.39. The van der Waals surface area contributed by atoms with E-state index in [1.807, 2.05) is 0 Å². The van der Waals surface area contributed by atoms with Gasteiger partial charge in [0, 0.05) is 49.5 Å². The van der Waals surface area contributed by atoms with Gasteiger partial charge in [0.15, 0.2) is 0 Å². The molecule has 1 unspecified atom stereocenters. The van der Waals surface area contributed by atoms with E-state index in [-0.39, 0.29) is 33.2 Å². The number of methoxy groups -OCH3 is 2. The Balaban J connectivity index is 1.63. The van der Waals surface area contributed by atoms with Crippen molar-refractivity contribution in [1.29, 1.82) is 0 Å². The fraction of sp³-hybridized carbons (Fsp3) is 0.320. The summed E-state index contributed by atoms with van der Waals surface area (Å²) in [5, 5.41) is 1.14. The van der Waals surface area contributed by atoms with E-state index in [0.717, 1.165) is 11.5 Å². The molecule has 0 spiro atoms. The Labute approximate surface area is 237 Å². The quantitative estimate of drug-likeness (QED) is 0.413. The number of benzene rings is 2. The highest BCUT2D eigenvalue weighted by Gasteiger charge is 2.41. The highest BCUT2D eigenvalue weighted by molar-refractivity contribution is 7.99. The van der Waals surface area contributed by atoms with Crippen LogP contribution in [0.2, 0.25) is 0 Å². The number of ether oxygens (including phenoxy) is 2. The third-order valence-corrected chi connectivity index (χ3v) is 10.9. The second kappa shape index (κ2) is 11.9. The van der Waals surface area contributed by atoms with Gasteiger partial charge in [0.2, 0.25) is 15.1 Å². The zero-order valence-corrected chi connectivity index (χ0v) is 24.4. The van der Waals surface area contributed by atoms with Gasteiger partial charge < -0.3 is 14.8 Å². The number of amides is 1. The summed E-state index contributed by atoms with van der Waals surface area (Å²) in [6, 6.07) is 13.5. The van der Waals surface area contributed by atoms with Crippen LogP contribution in [-0.2, 0) is 34.3 Å². The zero-order chi connectivity index (χ0) is 28.3. The van der Waals surface area contributed by atoms with Crippen molar-refractivity contribution in [3.63, 3.8) is 0 Å². The molecule has 39 heavy (non-hydrogen) atoms. The fourth-order valence-electron chi connectivity index (χ4n) is 4.08. The Bertz CT molecular complexity index is 1490. The summed E-state index contributed by atoms with van der Waals surface area (Å²) in [7, 11) is -5.00. The average Bonchev–Trinajstić information content (AvgIpc) is 2.94. The van der Waals surface area contributed by atoms with Crippen molar-refractivity contribution in [1.82, 2.24) is 9.03 Å². The monoisotopic (exact) mass is 613 g/mol. The second-order valence-electron chi connectivity index (χ2n) is 8.63. The van der Waals surface area contributed by atoms with Crippen LogP contribution in [0.5, 0.6) is 0 Å². The molecule has 10 nitrogen and oxygen atoms in total. The van der Waals surface area contributed by atoms with Gasteiger partial charge in [-0.3, -0.25) is 9.52 Å². The van der Waals surface area contributed by atoms with E-state index >= 15 is 0 Å². The molecule has 0 aromatic heterocycles. The lowest BCUT2D eigenvalue weighted by atomic mass is 9.98. The molecule has 14 heteroatoms. The molecule has 1 atom stereocenters. The van der Waals surface area contributed by atoms with Crippen LogP contribution in [0, 0.1) is 0 Å². The van der Waals surface area contributed by atoms with E-state index in [9.17, 15) is 21.6 Å². The molecule has 0 radical (unpaired) electrons. The minimum atomic E-state index is -4.06. The average molecular weight is 614 g/mol. The maximum absolute atomic E-state index is 13.4.